The molecule has 0 radical (unpaired) electrons. The maximum atomic E-state index is 13.5. The van der Waals surface area contributed by atoms with E-state index < -0.39 is 52.9 Å². The molecule has 390 valence electrons. The minimum atomic E-state index is -1.46. The maximum absolute atomic E-state index is 13.5. The van der Waals surface area contributed by atoms with Crippen molar-refractivity contribution in [2.24, 2.45) is 0 Å². The lowest BCUT2D eigenvalue weighted by atomic mass is 10.0. The van der Waals surface area contributed by atoms with E-state index >= 15 is 0 Å². The molecular weight excluding hydrogens is 901 g/mol. The van der Waals surface area contributed by atoms with Crippen LogP contribution in [0.1, 0.15) is 111 Å². The fourth-order valence-corrected chi connectivity index (χ4v) is 5.57. The Kier molecular flexibility index (Phi) is 35.9. The summed E-state index contributed by atoms with van der Waals surface area (Å²) in [5.74, 6) is -3.52. The van der Waals surface area contributed by atoms with Crippen molar-refractivity contribution in [1.29, 1.82) is 0 Å². The molecule has 68 heavy (non-hydrogen) atoms. The van der Waals surface area contributed by atoms with Gasteiger partial charge in [0.05, 0.1) is 93.6 Å². The van der Waals surface area contributed by atoms with Crippen LogP contribution in [0.25, 0.3) is 0 Å². The van der Waals surface area contributed by atoms with Crippen LogP contribution in [0.2, 0.25) is 0 Å². The fourth-order valence-electron chi connectivity index (χ4n) is 5.57. The second-order valence-electron chi connectivity index (χ2n) is 16.4. The topological polar surface area (TPSA) is 302 Å². The van der Waals surface area contributed by atoms with Crippen molar-refractivity contribution in [2.75, 3.05) is 107 Å². The predicted octanol–water partition coefficient (Wildman–Crippen LogP) is 1.37. The first kappa shape index (κ1) is 62.9. The van der Waals surface area contributed by atoms with Crippen molar-refractivity contribution in [1.82, 2.24) is 21.3 Å². The quantitative estimate of drug-likeness (QED) is 0.0381. The molecule has 0 saturated carbocycles. The van der Waals surface area contributed by atoms with Crippen molar-refractivity contribution in [3.05, 3.63) is 0 Å². The Labute approximate surface area is 399 Å². The van der Waals surface area contributed by atoms with Crippen LogP contribution in [0.4, 0.5) is 4.79 Å². The van der Waals surface area contributed by atoms with Crippen LogP contribution in [0.15, 0.2) is 0 Å². The number of ether oxygens (including phenoxy) is 9. The van der Waals surface area contributed by atoms with Crippen molar-refractivity contribution < 1.29 is 90.6 Å². The molecule has 0 aromatic rings. The van der Waals surface area contributed by atoms with E-state index in [1.54, 1.807) is 20.8 Å². The summed E-state index contributed by atoms with van der Waals surface area (Å²) >= 11 is 0. The second-order valence-corrected chi connectivity index (χ2v) is 16.4. The summed E-state index contributed by atoms with van der Waals surface area (Å²) in [7, 11) is 3.71. The molecule has 0 aromatic carbocycles. The lowest BCUT2D eigenvalue weighted by Crippen LogP contribution is -2.58. The molecule has 0 atom stereocenters. The fraction of sp³-hybridized carbons (Fsp3) is 0.778. The minimum absolute atomic E-state index is 0.0123. The average Bonchev–Trinajstić information content (AvgIpc) is 3.29. The number of methoxy groups -OCH3 is 3. The van der Waals surface area contributed by atoms with E-state index in [4.69, 9.17) is 28.4 Å². The third kappa shape index (κ3) is 37.9. The van der Waals surface area contributed by atoms with Gasteiger partial charge in [0.25, 0.3) is 0 Å². The highest BCUT2D eigenvalue weighted by Gasteiger charge is 2.34. The highest BCUT2D eigenvalue weighted by molar-refractivity contribution is 5.88. The molecule has 0 saturated heterocycles. The van der Waals surface area contributed by atoms with Gasteiger partial charge >= 0.3 is 24.0 Å². The molecule has 0 bridgehead atoms. The first-order valence-corrected chi connectivity index (χ1v) is 22.8. The minimum Gasteiger partial charge on any atom is -0.469 e. The third-order valence-corrected chi connectivity index (χ3v) is 9.18. The van der Waals surface area contributed by atoms with E-state index in [0.717, 1.165) is 0 Å². The molecule has 4 amide bonds. The Morgan fingerprint density at radius 3 is 1.34 bits per heavy atom. The summed E-state index contributed by atoms with van der Waals surface area (Å²) in [5, 5.41) is 10.6. The lowest BCUT2D eigenvalue weighted by molar-refractivity contribution is -0.141. The standard InChI is InChI=1S/C45H76N4O19/c1-44(2,3)68-43(59)48-23-28-64-30-29-63-24-8-10-34(50)12-13-36(52)14-15-39(55)49-45(31-65-25-18-35(51)9-7-11-40(56)60-4,32-66-26-19-37(53)46-21-16-41(57)61-5)33-67-27-20-38(54)47-22-17-42(58)62-6/h7-33H2,1-6H3,(H,46,53)(H,47,54)(H,48,59)(H,49,55). The molecular formula is C45H76N4O19. The lowest BCUT2D eigenvalue weighted by Gasteiger charge is -2.34. The van der Waals surface area contributed by atoms with E-state index in [1.165, 1.54) is 21.3 Å². The summed E-state index contributed by atoms with van der Waals surface area (Å²) in [6.45, 7) is 5.66. The molecule has 4 N–H and O–H groups in total. The number of amides is 4. The zero-order valence-corrected chi connectivity index (χ0v) is 40.8. The number of nitrogens with one attached hydrogen (secondary N) is 4. The number of hydrogen-bond acceptors (Lipinski definition) is 19. The smallest absolute Gasteiger partial charge is 0.407 e. The van der Waals surface area contributed by atoms with Crippen molar-refractivity contribution >= 4 is 59.1 Å². The van der Waals surface area contributed by atoms with E-state index in [1.807, 2.05) is 0 Å². The van der Waals surface area contributed by atoms with Gasteiger partial charge in [-0.05, 0) is 33.6 Å². The van der Waals surface area contributed by atoms with E-state index in [0.29, 0.717) is 32.7 Å². The van der Waals surface area contributed by atoms with Crippen LogP contribution < -0.4 is 21.3 Å². The summed E-state index contributed by atoms with van der Waals surface area (Å²) < 4.78 is 47.3. The van der Waals surface area contributed by atoms with Crippen LogP contribution >= 0.6 is 0 Å². The van der Waals surface area contributed by atoms with Crippen LogP contribution in [0, 0.1) is 0 Å². The Morgan fingerprint density at radius 2 is 0.824 bits per heavy atom. The largest absolute Gasteiger partial charge is 0.469 e. The van der Waals surface area contributed by atoms with Gasteiger partial charge in [0.1, 0.15) is 28.5 Å². The predicted molar refractivity (Wildman–Crippen MR) is 241 cm³/mol. The number of alkyl carbamates (subject to hydrolysis) is 1. The number of Topliss-reactive ketones (excluding diaryl/α,β-unsaturated/α-hetero) is 3. The molecule has 0 fully saturated rings. The highest BCUT2D eigenvalue weighted by atomic mass is 16.6. The van der Waals surface area contributed by atoms with Gasteiger partial charge in [-0.25, -0.2) is 4.79 Å². The van der Waals surface area contributed by atoms with Gasteiger partial charge in [-0.2, -0.15) is 0 Å². The van der Waals surface area contributed by atoms with Gasteiger partial charge < -0.3 is 63.9 Å². The highest BCUT2D eigenvalue weighted by Crippen LogP contribution is 2.13. The van der Waals surface area contributed by atoms with Gasteiger partial charge in [0.15, 0.2) is 0 Å². The Hall–Kier alpha value is -5.10. The molecule has 23 heteroatoms. The molecule has 0 spiro atoms. The Balaban J connectivity index is 5.37. The Morgan fingerprint density at radius 1 is 0.382 bits per heavy atom. The molecule has 23 nitrogen and oxygen atoms in total. The van der Waals surface area contributed by atoms with Crippen LogP contribution in [-0.4, -0.2) is 177 Å². The second kappa shape index (κ2) is 38.8. The first-order valence-electron chi connectivity index (χ1n) is 22.8. The SMILES string of the molecule is COC(=O)CCCC(=O)CCOCC(COCCC(=O)NCCC(=O)OC)(COCCC(=O)NCCC(=O)OC)NC(=O)CCC(=O)CCC(=O)CCCOCCOCCNC(=O)OC(C)(C)C. The van der Waals surface area contributed by atoms with E-state index in [9.17, 15) is 47.9 Å². The summed E-state index contributed by atoms with van der Waals surface area (Å²) in [6.07, 6.45) is -0.285. The van der Waals surface area contributed by atoms with Crippen LogP contribution in [0.5, 0.6) is 0 Å². The van der Waals surface area contributed by atoms with E-state index in [-0.39, 0.29) is 160 Å². The van der Waals surface area contributed by atoms with E-state index in [2.05, 4.69) is 35.5 Å². The monoisotopic (exact) mass is 977 g/mol. The zero-order chi connectivity index (χ0) is 51.1. The molecule has 0 aromatic heterocycles. The number of esters is 3. The average molecular weight is 977 g/mol. The molecule has 0 aliphatic carbocycles. The molecule has 0 aliphatic heterocycles. The van der Waals surface area contributed by atoms with Gasteiger partial charge in [-0.15, -0.1) is 0 Å². The van der Waals surface area contributed by atoms with Gasteiger partial charge in [-0.1, -0.05) is 0 Å². The van der Waals surface area contributed by atoms with Crippen molar-refractivity contribution in [2.45, 2.75) is 122 Å². The summed E-state index contributed by atoms with van der Waals surface area (Å²) in [6, 6.07) is 0. The molecule has 0 unspecified atom stereocenters. The Bertz CT molecular complexity index is 1450. The zero-order valence-electron chi connectivity index (χ0n) is 40.8. The molecule has 0 aliphatic rings. The third-order valence-electron chi connectivity index (χ3n) is 9.18. The van der Waals surface area contributed by atoms with Gasteiger partial charge in [0.2, 0.25) is 17.7 Å². The van der Waals surface area contributed by atoms with Crippen LogP contribution in [-0.2, 0) is 85.8 Å². The van der Waals surface area contributed by atoms with Gasteiger partial charge in [0, 0.05) is 90.4 Å². The number of ketones is 3. The van der Waals surface area contributed by atoms with Crippen LogP contribution in [0.3, 0.4) is 0 Å². The normalized spacial score (nSPS) is 11.2. The van der Waals surface area contributed by atoms with Crippen molar-refractivity contribution in [3.63, 3.8) is 0 Å². The maximum Gasteiger partial charge on any atom is 0.407 e. The van der Waals surface area contributed by atoms with Crippen molar-refractivity contribution in [3.8, 4) is 0 Å². The number of carbonyl (C=O) groups is 10. The number of rotatable bonds is 42. The molecule has 0 rings (SSSR count). The summed E-state index contributed by atoms with van der Waals surface area (Å²) in [5.41, 5.74) is -2.05. The summed E-state index contributed by atoms with van der Waals surface area (Å²) in [4.78, 5) is 122. The number of hydrogen-bond donors (Lipinski definition) is 4. The van der Waals surface area contributed by atoms with Gasteiger partial charge in [-0.3, -0.25) is 43.2 Å². The molecule has 0 heterocycles. The first-order chi connectivity index (χ1) is 32.3. The number of carbonyl (C=O) groups excluding carboxylic acids is 10.